The third-order valence-corrected chi connectivity index (χ3v) is 5.56. The Morgan fingerprint density at radius 1 is 1.16 bits per heavy atom. The smallest absolute Gasteiger partial charge is 0.291 e. The number of carbonyl (C=O) groups excluding carboxylic acids is 2. The summed E-state index contributed by atoms with van der Waals surface area (Å²) in [5.74, 6) is -0.540. The molecule has 31 heavy (non-hydrogen) atoms. The quantitative estimate of drug-likeness (QED) is 0.702. The number of amides is 2. The van der Waals surface area contributed by atoms with Gasteiger partial charge in [-0.25, -0.2) is 5.01 Å². The standard InChI is InChI=1S/C24H27N5O2/c1-16(17-9-11-25-12-10-17)26-22(30)15-29-23(31)20-13-18-7-5-6-8-19(18)28(20)14-21(27-29)24(2,3)4/h5-13,16H,14-15H2,1-4H3,(H,26,30)/t16-/m0/s1. The second-order valence-electron chi connectivity index (χ2n) is 8.90. The predicted molar refractivity (Wildman–Crippen MR) is 121 cm³/mol. The molecule has 7 heteroatoms. The Morgan fingerprint density at radius 3 is 2.58 bits per heavy atom. The van der Waals surface area contributed by atoms with E-state index >= 15 is 0 Å². The van der Waals surface area contributed by atoms with E-state index in [1.165, 1.54) is 5.01 Å². The first-order chi connectivity index (χ1) is 14.7. The SMILES string of the molecule is C[C@H](NC(=O)CN1N=C(C(C)(C)C)Cn2c(cc3ccccc32)C1=O)c1ccncc1. The van der Waals surface area contributed by atoms with Gasteiger partial charge in [0.15, 0.2) is 0 Å². The Kier molecular flexibility index (Phi) is 5.35. The van der Waals surface area contributed by atoms with Crippen LogP contribution in [-0.2, 0) is 11.3 Å². The molecule has 0 spiro atoms. The molecular weight excluding hydrogens is 390 g/mol. The third-order valence-electron chi connectivity index (χ3n) is 5.56. The molecule has 0 saturated heterocycles. The van der Waals surface area contributed by atoms with Gasteiger partial charge in [-0.05, 0) is 36.8 Å². The molecule has 0 unspecified atom stereocenters. The van der Waals surface area contributed by atoms with Crippen LogP contribution in [0.2, 0.25) is 0 Å². The number of para-hydroxylation sites is 1. The molecule has 7 nitrogen and oxygen atoms in total. The number of nitrogens with one attached hydrogen (secondary N) is 1. The fraction of sp³-hybridized carbons (Fsp3) is 0.333. The second-order valence-corrected chi connectivity index (χ2v) is 8.90. The normalized spacial score (nSPS) is 15.3. The molecule has 0 aliphatic carbocycles. The average Bonchev–Trinajstić information content (AvgIpc) is 3.04. The fourth-order valence-corrected chi connectivity index (χ4v) is 3.72. The first-order valence-corrected chi connectivity index (χ1v) is 10.4. The molecule has 1 aliphatic rings. The number of nitrogens with zero attached hydrogens (tertiary/aromatic N) is 4. The van der Waals surface area contributed by atoms with Gasteiger partial charge in [0.25, 0.3) is 5.91 Å². The number of carbonyl (C=O) groups is 2. The van der Waals surface area contributed by atoms with E-state index < -0.39 is 0 Å². The van der Waals surface area contributed by atoms with Gasteiger partial charge in [-0.15, -0.1) is 0 Å². The van der Waals surface area contributed by atoms with Gasteiger partial charge in [0.2, 0.25) is 5.91 Å². The molecule has 160 valence electrons. The van der Waals surface area contributed by atoms with Gasteiger partial charge in [-0.1, -0.05) is 39.0 Å². The summed E-state index contributed by atoms with van der Waals surface area (Å²) in [5.41, 5.74) is 3.06. The van der Waals surface area contributed by atoms with Crippen LogP contribution < -0.4 is 5.32 Å². The van der Waals surface area contributed by atoms with Crippen molar-refractivity contribution in [3.05, 3.63) is 66.1 Å². The molecule has 1 N–H and O–H groups in total. The Balaban J connectivity index is 1.64. The lowest BCUT2D eigenvalue weighted by atomic mass is 9.90. The number of hydrogen-bond donors (Lipinski definition) is 1. The number of aromatic nitrogens is 2. The van der Waals surface area contributed by atoms with Crippen molar-refractivity contribution in [2.75, 3.05) is 6.54 Å². The van der Waals surface area contributed by atoms with Gasteiger partial charge in [0.05, 0.1) is 18.3 Å². The Hall–Kier alpha value is -3.48. The predicted octanol–water partition coefficient (Wildman–Crippen LogP) is 3.77. The van der Waals surface area contributed by atoms with Crippen LogP contribution in [0.1, 0.15) is 49.8 Å². The van der Waals surface area contributed by atoms with Gasteiger partial charge in [-0.3, -0.25) is 14.6 Å². The topological polar surface area (TPSA) is 79.6 Å². The minimum Gasteiger partial charge on any atom is -0.348 e. The minimum absolute atomic E-state index is 0.143. The largest absolute Gasteiger partial charge is 0.348 e. The fourth-order valence-electron chi connectivity index (χ4n) is 3.72. The molecule has 2 amide bonds. The summed E-state index contributed by atoms with van der Waals surface area (Å²) in [6.45, 7) is 8.46. The molecule has 2 aromatic heterocycles. The van der Waals surface area contributed by atoms with Crippen molar-refractivity contribution >= 4 is 28.4 Å². The van der Waals surface area contributed by atoms with E-state index in [4.69, 9.17) is 0 Å². The van der Waals surface area contributed by atoms with Crippen LogP contribution in [0.25, 0.3) is 10.9 Å². The molecule has 3 heterocycles. The van der Waals surface area contributed by atoms with Crippen LogP contribution >= 0.6 is 0 Å². The lowest BCUT2D eigenvalue weighted by Gasteiger charge is -2.23. The number of hydrazone groups is 1. The maximum atomic E-state index is 13.4. The first-order valence-electron chi connectivity index (χ1n) is 10.4. The van der Waals surface area contributed by atoms with E-state index in [2.05, 4.69) is 36.2 Å². The van der Waals surface area contributed by atoms with Crippen LogP contribution in [0.15, 0.2) is 60.0 Å². The molecule has 1 aliphatic heterocycles. The molecule has 0 saturated carbocycles. The molecular formula is C24H27N5O2. The van der Waals surface area contributed by atoms with E-state index in [0.717, 1.165) is 22.2 Å². The van der Waals surface area contributed by atoms with Gasteiger partial charge in [-0.2, -0.15) is 5.10 Å². The van der Waals surface area contributed by atoms with E-state index in [0.29, 0.717) is 12.2 Å². The summed E-state index contributed by atoms with van der Waals surface area (Å²) < 4.78 is 2.00. The highest BCUT2D eigenvalue weighted by molar-refractivity contribution is 6.03. The van der Waals surface area contributed by atoms with Crippen molar-refractivity contribution in [2.45, 2.75) is 40.3 Å². The molecule has 0 bridgehead atoms. The zero-order valence-electron chi connectivity index (χ0n) is 18.3. The Labute approximate surface area is 181 Å². The van der Waals surface area contributed by atoms with E-state index in [1.54, 1.807) is 12.4 Å². The van der Waals surface area contributed by atoms with Gasteiger partial charge in [0, 0.05) is 28.7 Å². The molecule has 0 fully saturated rings. The lowest BCUT2D eigenvalue weighted by Crippen LogP contribution is -2.39. The molecule has 3 aromatic rings. The number of benzene rings is 1. The highest BCUT2D eigenvalue weighted by atomic mass is 16.2. The lowest BCUT2D eigenvalue weighted by molar-refractivity contribution is -0.122. The van der Waals surface area contributed by atoms with Crippen molar-refractivity contribution in [3.63, 3.8) is 0 Å². The number of fused-ring (bicyclic) bond motifs is 3. The van der Waals surface area contributed by atoms with Crippen molar-refractivity contribution < 1.29 is 9.59 Å². The summed E-state index contributed by atoms with van der Waals surface area (Å²) in [7, 11) is 0. The highest BCUT2D eigenvalue weighted by Crippen LogP contribution is 2.27. The zero-order chi connectivity index (χ0) is 22.2. The Morgan fingerprint density at radius 2 is 1.87 bits per heavy atom. The third kappa shape index (κ3) is 4.21. The average molecular weight is 418 g/mol. The molecule has 4 rings (SSSR count). The summed E-state index contributed by atoms with van der Waals surface area (Å²) in [6, 6.07) is 13.3. The monoisotopic (exact) mass is 417 g/mol. The van der Waals surface area contributed by atoms with Gasteiger partial charge < -0.3 is 9.88 Å². The highest BCUT2D eigenvalue weighted by Gasteiger charge is 2.31. The van der Waals surface area contributed by atoms with Crippen molar-refractivity contribution in [3.8, 4) is 0 Å². The van der Waals surface area contributed by atoms with Crippen molar-refractivity contribution in [2.24, 2.45) is 10.5 Å². The van der Waals surface area contributed by atoms with Crippen LogP contribution in [0.3, 0.4) is 0 Å². The van der Waals surface area contributed by atoms with Crippen LogP contribution in [0.4, 0.5) is 0 Å². The first kappa shape index (κ1) is 20.8. The van der Waals surface area contributed by atoms with Gasteiger partial charge >= 0.3 is 0 Å². The summed E-state index contributed by atoms with van der Waals surface area (Å²) >= 11 is 0. The molecule has 1 atom stereocenters. The molecule has 0 radical (unpaired) electrons. The molecule has 1 aromatic carbocycles. The summed E-state index contributed by atoms with van der Waals surface area (Å²) in [4.78, 5) is 30.2. The van der Waals surface area contributed by atoms with Crippen molar-refractivity contribution in [1.82, 2.24) is 19.9 Å². The summed E-state index contributed by atoms with van der Waals surface area (Å²) in [5, 5.41) is 9.90. The van der Waals surface area contributed by atoms with Crippen LogP contribution in [0.5, 0.6) is 0 Å². The minimum atomic E-state index is -0.276. The second kappa shape index (κ2) is 7.98. The zero-order valence-corrected chi connectivity index (χ0v) is 18.3. The number of hydrogen-bond acceptors (Lipinski definition) is 4. The van der Waals surface area contributed by atoms with Crippen LogP contribution in [0, 0.1) is 5.41 Å². The maximum Gasteiger partial charge on any atom is 0.291 e. The van der Waals surface area contributed by atoms with E-state index in [-0.39, 0.29) is 29.8 Å². The number of pyridine rings is 1. The van der Waals surface area contributed by atoms with Crippen molar-refractivity contribution in [1.29, 1.82) is 0 Å². The van der Waals surface area contributed by atoms with E-state index in [1.807, 2.05) is 54.0 Å². The Bertz CT molecular complexity index is 1160. The van der Waals surface area contributed by atoms with Gasteiger partial charge in [0.1, 0.15) is 12.2 Å². The summed E-state index contributed by atoms with van der Waals surface area (Å²) in [6.07, 6.45) is 3.38. The van der Waals surface area contributed by atoms with Crippen LogP contribution in [-0.4, -0.2) is 38.6 Å². The maximum absolute atomic E-state index is 13.4. The van der Waals surface area contributed by atoms with E-state index in [9.17, 15) is 9.59 Å². The number of rotatable bonds is 4.